The third-order valence-electron chi connectivity index (χ3n) is 3.26. The maximum Gasteiger partial charge on any atom is 0.238 e. The zero-order valence-corrected chi connectivity index (χ0v) is 8.93. The first-order valence-corrected chi connectivity index (χ1v) is 6.34. The Balaban J connectivity index is 2.44. The summed E-state index contributed by atoms with van der Waals surface area (Å²) in [4.78, 5) is 11.9. The normalized spacial score (nSPS) is 29.8. The summed E-state index contributed by atoms with van der Waals surface area (Å²) >= 11 is 0. The summed E-state index contributed by atoms with van der Waals surface area (Å²) in [6.45, 7) is 1.33. The molecule has 0 aliphatic carbocycles. The Morgan fingerprint density at radius 2 is 1.93 bits per heavy atom. The van der Waals surface area contributed by atoms with Crippen LogP contribution >= 0.6 is 0 Å². The number of nitrogens with zero attached hydrogens (tertiary/aromatic N) is 1. The van der Waals surface area contributed by atoms with Crippen LogP contribution in [0.1, 0.15) is 12.8 Å². The lowest BCUT2D eigenvalue weighted by Gasteiger charge is -2.37. The first-order chi connectivity index (χ1) is 6.50. The van der Waals surface area contributed by atoms with E-state index in [2.05, 4.69) is 5.32 Å². The fourth-order valence-electron chi connectivity index (χ4n) is 2.29. The van der Waals surface area contributed by atoms with E-state index in [1.807, 2.05) is 0 Å². The molecule has 2 aliphatic rings. The van der Waals surface area contributed by atoms with E-state index in [4.69, 9.17) is 0 Å². The number of rotatable bonds is 0. The van der Waals surface area contributed by atoms with Crippen LogP contribution in [0.15, 0.2) is 0 Å². The molecule has 5 nitrogen and oxygen atoms in total. The van der Waals surface area contributed by atoms with Gasteiger partial charge < -0.3 is 10.2 Å². The highest BCUT2D eigenvalue weighted by molar-refractivity contribution is 7.93. The zero-order valence-electron chi connectivity index (χ0n) is 8.12. The van der Waals surface area contributed by atoms with Crippen LogP contribution in [0.25, 0.3) is 0 Å². The molecule has 6 heteroatoms. The molecule has 0 aromatic rings. The van der Waals surface area contributed by atoms with Gasteiger partial charge in [0.05, 0.1) is 0 Å². The maximum atomic E-state index is 11.9. The van der Waals surface area contributed by atoms with Crippen LogP contribution in [0, 0.1) is 0 Å². The minimum absolute atomic E-state index is 0.271. The highest BCUT2D eigenvalue weighted by atomic mass is 32.2. The molecular formula is C8H14N2O3S. The Morgan fingerprint density at radius 1 is 1.36 bits per heavy atom. The van der Waals surface area contributed by atoms with Gasteiger partial charge in [0, 0.05) is 7.05 Å². The molecule has 0 atom stereocenters. The van der Waals surface area contributed by atoms with Crippen LogP contribution in [0.4, 0.5) is 0 Å². The van der Waals surface area contributed by atoms with Crippen LogP contribution in [0.2, 0.25) is 0 Å². The average Bonchev–Trinajstić information content (AvgIpc) is 2.30. The van der Waals surface area contributed by atoms with Gasteiger partial charge in [-0.25, -0.2) is 8.42 Å². The van der Waals surface area contributed by atoms with Crippen molar-refractivity contribution < 1.29 is 13.2 Å². The molecule has 1 amide bonds. The van der Waals surface area contributed by atoms with Crippen molar-refractivity contribution in [1.82, 2.24) is 10.2 Å². The first-order valence-electron chi connectivity index (χ1n) is 4.69. The number of amides is 1. The van der Waals surface area contributed by atoms with Crippen molar-refractivity contribution in [3.63, 3.8) is 0 Å². The van der Waals surface area contributed by atoms with Crippen LogP contribution in [0.5, 0.6) is 0 Å². The molecule has 14 heavy (non-hydrogen) atoms. The Kier molecular flexibility index (Phi) is 2.08. The number of carbonyl (C=O) groups excluding carboxylic acids is 1. The largest absolute Gasteiger partial charge is 0.325 e. The molecule has 1 spiro atoms. The summed E-state index contributed by atoms with van der Waals surface area (Å²) in [7, 11) is -1.68. The number of hydrogen-bond donors (Lipinski definition) is 1. The fraction of sp³-hybridized carbons (Fsp3) is 0.875. The number of nitrogens with one attached hydrogen (secondary N) is 1. The zero-order chi connectivity index (χ0) is 10.4. The van der Waals surface area contributed by atoms with E-state index in [1.54, 1.807) is 7.05 Å². The summed E-state index contributed by atoms with van der Waals surface area (Å²) in [5, 5.41) is 3.11. The molecule has 0 radical (unpaired) electrons. The van der Waals surface area contributed by atoms with E-state index in [9.17, 15) is 13.2 Å². The first kappa shape index (κ1) is 9.92. The van der Waals surface area contributed by atoms with Crippen molar-refractivity contribution >= 4 is 15.7 Å². The second-order valence-electron chi connectivity index (χ2n) is 3.91. The minimum atomic E-state index is -3.27. The van der Waals surface area contributed by atoms with Crippen LogP contribution in [-0.2, 0) is 14.6 Å². The molecule has 0 aromatic heterocycles. The molecule has 2 aliphatic heterocycles. The van der Waals surface area contributed by atoms with E-state index < -0.39 is 14.7 Å². The lowest BCUT2D eigenvalue weighted by atomic mass is 10.0. The van der Waals surface area contributed by atoms with Gasteiger partial charge in [0.15, 0.2) is 9.84 Å². The second-order valence-corrected chi connectivity index (χ2v) is 6.19. The van der Waals surface area contributed by atoms with Gasteiger partial charge in [-0.05, 0) is 25.9 Å². The SMILES string of the molecule is CN1C(=O)CS(=O)(=O)C12CCNCC2. The summed E-state index contributed by atoms with van der Waals surface area (Å²) in [6.07, 6.45) is 1.02. The minimum Gasteiger partial charge on any atom is -0.325 e. The fourth-order valence-corrected chi connectivity index (χ4v) is 4.43. The number of hydrogen-bond acceptors (Lipinski definition) is 4. The van der Waals surface area contributed by atoms with E-state index in [0.717, 1.165) is 0 Å². The molecule has 80 valence electrons. The third-order valence-corrected chi connectivity index (χ3v) is 5.73. The van der Waals surface area contributed by atoms with Gasteiger partial charge in [0.1, 0.15) is 10.6 Å². The lowest BCUT2D eigenvalue weighted by Crippen LogP contribution is -2.53. The van der Waals surface area contributed by atoms with Gasteiger partial charge >= 0.3 is 0 Å². The Hall–Kier alpha value is -0.620. The van der Waals surface area contributed by atoms with Crippen molar-refractivity contribution in [3.05, 3.63) is 0 Å². The maximum absolute atomic E-state index is 11.9. The van der Waals surface area contributed by atoms with Gasteiger partial charge in [-0.15, -0.1) is 0 Å². The van der Waals surface area contributed by atoms with Gasteiger partial charge in [-0.2, -0.15) is 0 Å². The van der Waals surface area contributed by atoms with Crippen LogP contribution < -0.4 is 5.32 Å². The van der Waals surface area contributed by atoms with Crippen molar-refractivity contribution in [1.29, 1.82) is 0 Å². The molecule has 2 fully saturated rings. The average molecular weight is 218 g/mol. The molecule has 2 rings (SSSR count). The second kappa shape index (κ2) is 2.93. The molecule has 0 bridgehead atoms. The highest BCUT2D eigenvalue weighted by Gasteiger charge is 2.55. The van der Waals surface area contributed by atoms with E-state index in [1.165, 1.54) is 4.90 Å². The molecule has 0 saturated carbocycles. The molecular weight excluding hydrogens is 204 g/mol. The summed E-state index contributed by atoms with van der Waals surface area (Å²) in [5.41, 5.74) is 0. The topological polar surface area (TPSA) is 66.5 Å². The van der Waals surface area contributed by atoms with E-state index in [-0.39, 0.29) is 11.7 Å². The molecule has 1 N–H and O–H groups in total. The summed E-state index contributed by atoms with van der Waals surface area (Å²) in [6, 6.07) is 0. The Morgan fingerprint density at radius 3 is 2.36 bits per heavy atom. The van der Waals surface area contributed by atoms with Gasteiger partial charge in [0.25, 0.3) is 0 Å². The Bertz CT molecular complexity index is 357. The number of piperidine rings is 1. The smallest absolute Gasteiger partial charge is 0.238 e. The monoisotopic (exact) mass is 218 g/mol. The third kappa shape index (κ3) is 1.10. The predicted octanol–water partition coefficient (Wildman–Crippen LogP) is -1.05. The van der Waals surface area contributed by atoms with Crippen molar-refractivity contribution in [3.8, 4) is 0 Å². The molecule has 2 saturated heterocycles. The van der Waals surface area contributed by atoms with E-state index >= 15 is 0 Å². The lowest BCUT2D eigenvalue weighted by molar-refractivity contribution is -0.129. The number of sulfone groups is 1. The standard InChI is InChI=1S/C8H14N2O3S/c1-10-7(11)6-14(12,13)8(10)2-4-9-5-3-8/h9H,2-6H2,1H3. The number of carbonyl (C=O) groups is 1. The quantitative estimate of drug-likeness (QED) is 0.563. The Labute approximate surface area is 83.4 Å². The van der Waals surface area contributed by atoms with Crippen molar-refractivity contribution in [2.24, 2.45) is 0 Å². The molecule has 0 unspecified atom stereocenters. The molecule has 0 aromatic carbocycles. The highest BCUT2D eigenvalue weighted by Crippen LogP contribution is 2.36. The van der Waals surface area contributed by atoms with Gasteiger partial charge in [-0.3, -0.25) is 4.79 Å². The molecule has 2 heterocycles. The predicted molar refractivity (Wildman–Crippen MR) is 51.4 cm³/mol. The van der Waals surface area contributed by atoms with Crippen molar-refractivity contribution in [2.45, 2.75) is 17.7 Å². The summed E-state index contributed by atoms with van der Waals surface area (Å²) < 4.78 is 23.7. The van der Waals surface area contributed by atoms with Gasteiger partial charge in [0.2, 0.25) is 5.91 Å². The van der Waals surface area contributed by atoms with Gasteiger partial charge in [-0.1, -0.05) is 0 Å². The van der Waals surface area contributed by atoms with Crippen molar-refractivity contribution in [2.75, 3.05) is 25.9 Å². The van der Waals surface area contributed by atoms with E-state index in [0.29, 0.717) is 25.9 Å². The van der Waals surface area contributed by atoms with Crippen LogP contribution in [0.3, 0.4) is 0 Å². The van der Waals surface area contributed by atoms with Crippen LogP contribution in [-0.4, -0.2) is 50.0 Å². The summed E-state index contributed by atoms with van der Waals surface area (Å²) in [5.74, 6) is -0.587.